The summed E-state index contributed by atoms with van der Waals surface area (Å²) in [6.07, 6.45) is 3.44. The van der Waals surface area contributed by atoms with Crippen LogP contribution in [0.15, 0.2) is 36.0 Å². The van der Waals surface area contributed by atoms with Gasteiger partial charge in [0.05, 0.1) is 18.2 Å². The van der Waals surface area contributed by atoms with Gasteiger partial charge in [0, 0.05) is 29.7 Å². The van der Waals surface area contributed by atoms with Crippen molar-refractivity contribution in [3.63, 3.8) is 0 Å². The van der Waals surface area contributed by atoms with Crippen LogP contribution in [-0.2, 0) is 4.74 Å². The zero-order valence-electron chi connectivity index (χ0n) is 11.6. The number of nitrogens with zero attached hydrogens (tertiary/aromatic N) is 4. The highest BCUT2D eigenvalue weighted by Gasteiger charge is 2.24. The maximum atomic E-state index is 5.96. The van der Waals surface area contributed by atoms with Gasteiger partial charge in [-0.3, -0.25) is 0 Å². The fraction of sp³-hybridized carbons (Fsp3) is 0.267. The van der Waals surface area contributed by atoms with Gasteiger partial charge in [-0.05, 0) is 18.2 Å². The maximum Gasteiger partial charge on any atom is 0.161 e. The predicted molar refractivity (Wildman–Crippen MR) is 87.6 cm³/mol. The Bertz CT molecular complexity index is 795. The molecule has 1 aliphatic heterocycles. The van der Waals surface area contributed by atoms with Crippen molar-refractivity contribution in [2.45, 2.75) is 6.10 Å². The number of anilines is 1. The molecule has 0 bridgehead atoms. The number of fused-ring (bicyclic) bond motifs is 1. The second-order valence-electron chi connectivity index (χ2n) is 5.05. The normalized spacial score (nSPS) is 18.8. The molecule has 1 atom stereocenters. The van der Waals surface area contributed by atoms with Crippen LogP contribution in [0.5, 0.6) is 0 Å². The fourth-order valence-corrected chi connectivity index (χ4v) is 3.39. The molecule has 0 aliphatic carbocycles. The Morgan fingerprint density at radius 3 is 3.14 bits per heavy atom. The van der Waals surface area contributed by atoms with Crippen LogP contribution in [0, 0.1) is 0 Å². The standard InChI is InChI=1S/C15H13ClN4OS/c16-11-7-10-1-2-13(19-14(10)18-8-11)20-4-5-21-12(9-20)15-17-3-6-22-15/h1-3,6-8,12H,4-5,9H2/t12-/m0/s1. The lowest BCUT2D eigenvalue weighted by Gasteiger charge is -2.32. The molecule has 0 N–H and O–H groups in total. The predicted octanol–water partition coefficient (Wildman–Crippen LogP) is 3.32. The molecule has 22 heavy (non-hydrogen) atoms. The molecule has 0 spiro atoms. The number of halogens is 1. The molecule has 0 amide bonds. The minimum Gasteiger partial charge on any atom is -0.367 e. The molecule has 1 fully saturated rings. The Hall–Kier alpha value is -1.76. The van der Waals surface area contributed by atoms with Crippen LogP contribution in [0.2, 0.25) is 5.02 Å². The van der Waals surface area contributed by atoms with Gasteiger partial charge in [0.1, 0.15) is 16.9 Å². The summed E-state index contributed by atoms with van der Waals surface area (Å²) in [7, 11) is 0. The first kappa shape index (κ1) is 13.9. The van der Waals surface area contributed by atoms with Crippen LogP contribution in [0.3, 0.4) is 0 Å². The van der Waals surface area contributed by atoms with Gasteiger partial charge in [-0.25, -0.2) is 15.0 Å². The summed E-state index contributed by atoms with van der Waals surface area (Å²) in [5, 5.41) is 4.55. The molecule has 1 saturated heterocycles. The Labute approximate surface area is 136 Å². The van der Waals surface area contributed by atoms with Gasteiger partial charge < -0.3 is 9.64 Å². The van der Waals surface area contributed by atoms with Crippen LogP contribution in [0.25, 0.3) is 11.0 Å². The van der Waals surface area contributed by atoms with E-state index in [-0.39, 0.29) is 6.10 Å². The second-order valence-corrected chi connectivity index (χ2v) is 6.41. The number of morpholine rings is 1. The molecule has 0 saturated carbocycles. The first-order valence-electron chi connectivity index (χ1n) is 6.98. The van der Waals surface area contributed by atoms with Crippen molar-refractivity contribution >= 4 is 39.8 Å². The van der Waals surface area contributed by atoms with E-state index >= 15 is 0 Å². The lowest BCUT2D eigenvalue weighted by Crippen LogP contribution is -2.38. The third kappa shape index (κ3) is 2.65. The molecule has 0 radical (unpaired) electrons. The number of rotatable bonds is 2. The van der Waals surface area contributed by atoms with E-state index in [0.29, 0.717) is 17.3 Å². The Morgan fingerprint density at radius 1 is 1.32 bits per heavy atom. The van der Waals surface area contributed by atoms with E-state index in [2.05, 4.69) is 19.9 Å². The van der Waals surface area contributed by atoms with Gasteiger partial charge in [0.2, 0.25) is 0 Å². The third-order valence-electron chi connectivity index (χ3n) is 3.61. The zero-order valence-corrected chi connectivity index (χ0v) is 13.2. The SMILES string of the molecule is Clc1cnc2nc(N3CCO[C@H](c4nccs4)C3)ccc2c1. The molecule has 4 heterocycles. The topological polar surface area (TPSA) is 51.1 Å². The summed E-state index contributed by atoms with van der Waals surface area (Å²) in [6.45, 7) is 2.23. The van der Waals surface area contributed by atoms with E-state index < -0.39 is 0 Å². The maximum absolute atomic E-state index is 5.96. The van der Waals surface area contributed by atoms with Crippen LogP contribution >= 0.6 is 22.9 Å². The van der Waals surface area contributed by atoms with E-state index in [0.717, 1.165) is 29.3 Å². The molecular weight excluding hydrogens is 320 g/mol. The number of ether oxygens (including phenoxy) is 1. The van der Waals surface area contributed by atoms with Crippen LogP contribution in [0.4, 0.5) is 5.82 Å². The largest absolute Gasteiger partial charge is 0.367 e. The Morgan fingerprint density at radius 2 is 2.27 bits per heavy atom. The number of aromatic nitrogens is 3. The van der Waals surface area contributed by atoms with Gasteiger partial charge in [-0.1, -0.05) is 11.6 Å². The highest BCUT2D eigenvalue weighted by Crippen LogP contribution is 2.27. The Kier molecular flexibility index (Phi) is 3.65. The van der Waals surface area contributed by atoms with Crippen molar-refractivity contribution in [3.8, 4) is 0 Å². The molecule has 0 aromatic carbocycles. The van der Waals surface area contributed by atoms with E-state index in [9.17, 15) is 0 Å². The smallest absolute Gasteiger partial charge is 0.161 e. The van der Waals surface area contributed by atoms with Crippen LogP contribution < -0.4 is 4.90 Å². The van der Waals surface area contributed by atoms with Crippen molar-refractivity contribution in [1.82, 2.24) is 15.0 Å². The van der Waals surface area contributed by atoms with Gasteiger partial charge in [0.15, 0.2) is 5.65 Å². The highest BCUT2D eigenvalue weighted by molar-refractivity contribution is 7.09. The molecular formula is C15H13ClN4OS. The molecule has 3 aromatic heterocycles. The van der Waals surface area contributed by atoms with Gasteiger partial charge in [-0.15, -0.1) is 11.3 Å². The summed E-state index contributed by atoms with van der Waals surface area (Å²) < 4.78 is 5.82. The van der Waals surface area contributed by atoms with Crippen molar-refractivity contribution in [3.05, 3.63) is 46.0 Å². The molecule has 3 aromatic rings. The monoisotopic (exact) mass is 332 g/mol. The van der Waals surface area contributed by atoms with E-state index in [4.69, 9.17) is 16.3 Å². The number of pyridine rings is 2. The summed E-state index contributed by atoms with van der Waals surface area (Å²) in [5.41, 5.74) is 0.708. The average Bonchev–Trinajstić information content (AvgIpc) is 3.09. The van der Waals surface area contributed by atoms with Gasteiger partial charge in [-0.2, -0.15) is 0 Å². The minimum atomic E-state index is 0.00410. The van der Waals surface area contributed by atoms with Crippen molar-refractivity contribution in [2.75, 3.05) is 24.6 Å². The fourth-order valence-electron chi connectivity index (χ4n) is 2.55. The zero-order chi connectivity index (χ0) is 14.9. The summed E-state index contributed by atoms with van der Waals surface area (Å²) >= 11 is 7.58. The van der Waals surface area contributed by atoms with Gasteiger partial charge >= 0.3 is 0 Å². The lowest BCUT2D eigenvalue weighted by molar-refractivity contribution is 0.0394. The van der Waals surface area contributed by atoms with E-state index in [1.807, 2.05) is 29.8 Å². The van der Waals surface area contributed by atoms with Crippen molar-refractivity contribution in [1.29, 1.82) is 0 Å². The molecule has 7 heteroatoms. The summed E-state index contributed by atoms with van der Waals surface area (Å²) in [5.74, 6) is 0.909. The van der Waals surface area contributed by atoms with Crippen LogP contribution in [0.1, 0.15) is 11.1 Å². The molecule has 5 nitrogen and oxygen atoms in total. The quantitative estimate of drug-likeness (QED) is 0.720. The Balaban J connectivity index is 1.62. The molecule has 4 rings (SSSR count). The van der Waals surface area contributed by atoms with Crippen molar-refractivity contribution in [2.24, 2.45) is 0 Å². The van der Waals surface area contributed by atoms with Crippen molar-refractivity contribution < 1.29 is 4.74 Å². The summed E-state index contributed by atoms with van der Waals surface area (Å²) in [6, 6.07) is 5.88. The number of thiazole rings is 1. The summed E-state index contributed by atoms with van der Waals surface area (Å²) in [4.78, 5) is 15.5. The molecule has 0 unspecified atom stereocenters. The number of hydrogen-bond acceptors (Lipinski definition) is 6. The first-order chi connectivity index (χ1) is 10.8. The first-order valence-corrected chi connectivity index (χ1v) is 8.23. The van der Waals surface area contributed by atoms with E-state index in [1.54, 1.807) is 17.5 Å². The third-order valence-corrected chi connectivity index (χ3v) is 4.69. The van der Waals surface area contributed by atoms with Crippen LogP contribution in [-0.4, -0.2) is 34.6 Å². The minimum absolute atomic E-state index is 0.00410. The second kappa shape index (κ2) is 5.79. The average molecular weight is 333 g/mol. The number of hydrogen-bond donors (Lipinski definition) is 0. The van der Waals surface area contributed by atoms with E-state index in [1.165, 1.54) is 0 Å². The van der Waals surface area contributed by atoms with Gasteiger partial charge in [0.25, 0.3) is 0 Å². The highest BCUT2D eigenvalue weighted by atomic mass is 35.5. The molecule has 1 aliphatic rings. The lowest BCUT2D eigenvalue weighted by atomic mass is 10.2. The molecule has 112 valence electrons.